The molecule has 1 fully saturated rings. The van der Waals surface area contributed by atoms with Crippen LogP contribution in [-0.2, 0) is 18.6 Å². The normalized spacial score (nSPS) is 22.4. The second-order valence-electron chi connectivity index (χ2n) is 7.33. The summed E-state index contributed by atoms with van der Waals surface area (Å²) in [7, 11) is -3.45. The molecule has 3 aromatic rings. The lowest BCUT2D eigenvalue weighted by Gasteiger charge is -2.15. The number of aliphatic hydroxyl groups is 1. The molecule has 1 aliphatic rings. The molecule has 0 saturated carbocycles. The molecule has 0 bridgehead atoms. The van der Waals surface area contributed by atoms with Crippen LogP contribution in [0.5, 0.6) is 0 Å². The van der Waals surface area contributed by atoms with E-state index in [1.807, 2.05) is 30.6 Å². The predicted molar refractivity (Wildman–Crippen MR) is 111 cm³/mol. The zero-order valence-electron chi connectivity index (χ0n) is 18.0. The summed E-state index contributed by atoms with van der Waals surface area (Å²) in [5.41, 5.74) is -1.19. The number of aliphatic hydroxyl groups excluding tert-OH is 1. The van der Waals surface area contributed by atoms with Gasteiger partial charge >= 0.3 is 8.25 Å². The Hall–Kier alpha value is -3.23. The maximum Gasteiger partial charge on any atom is 0.489 e. The highest BCUT2D eigenvalue weighted by molar-refractivity contribution is 7.30. The summed E-state index contributed by atoms with van der Waals surface area (Å²) in [6.07, 6.45) is -2.79. The molecule has 0 radical (unpaired) electrons. The van der Waals surface area contributed by atoms with Crippen LogP contribution in [0.3, 0.4) is 0 Å². The van der Waals surface area contributed by atoms with Crippen molar-refractivity contribution in [2.24, 2.45) is 5.92 Å². The largest absolute Gasteiger partial charge is 0.566 e. The molecule has 0 spiro atoms. The van der Waals surface area contributed by atoms with Crippen LogP contribution in [0.25, 0.3) is 11.2 Å². The first-order valence-electron chi connectivity index (χ1n) is 10.0. The minimum atomic E-state index is -3.45. The highest BCUT2D eigenvalue weighted by atomic mass is 31.1. The molecular weight excluding hydrogens is 476 g/mol. The number of aromatic nitrogens is 6. The number of hydrogen-bond donors (Lipinski definition) is 3. The topological polar surface area (TPSA) is 199 Å². The summed E-state index contributed by atoms with van der Waals surface area (Å²) in [4.78, 5) is 44.2. The average molecular weight is 498 g/mol. The van der Waals surface area contributed by atoms with Gasteiger partial charge < -0.3 is 14.7 Å². The number of amides is 1. The van der Waals surface area contributed by atoms with E-state index in [0.29, 0.717) is 0 Å². The maximum absolute atomic E-state index is 14.4. The number of fused-ring (bicyclic) bond motifs is 1. The molecule has 1 amide bonds. The van der Waals surface area contributed by atoms with Crippen LogP contribution >= 0.6 is 8.25 Å². The SMILES string of the molecule is CC(C)C(=O)Nc1nc2c(nnn2[C@@H]2O[C@H](CO)[C@@H](F)[C@@H]2O[P+](=O)[O-])c(=O)[nH]1.c1cc[nH+]cc1. The van der Waals surface area contributed by atoms with Crippen LogP contribution in [0, 0.1) is 5.92 Å². The van der Waals surface area contributed by atoms with E-state index >= 15 is 0 Å². The lowest BCUT2D eigenvalue weighted by Crippen LogP contribution is -2.31. The molecule has 1 aliphatic heterocycles. The van der Waals surface area contributed by atoms with E-state index < -0.39 is 56.9 Å². The third-order valence-corrected chi connectivity index (χ3v) is 5.02. The van der Waals surface area contributed by atoms with Gasteiger partial charge in [0.25, 0.3) is 5.56 Å². The molecule has 4 N–H and O–H groups in total. The van der Waals surface area contributed by atoms with Gasteiger partial charge in [-0.1, -0.05) is 25.1 Å². The Balaban J connectivity index is 0.000000469. The Bertz CT molecular complexity index is 1170. The Kier molecular flexibility index (Phi) is 8.41. The first-order valence-corrected chi connectivity index (χ1v) is 11.1. The molecule has 4 heterocycles. The van der Waals surface area contributed by atoms with E-state index in [-0.39, 0.29) is 17.1 Å². The van der Waals surface area contributed by atoms with Gasteiger partial charge in [-0.05, 0) is 4.57 Å². The van der Waals surface area contributed by atoms with Crippen LogP contribution in [0.4, 0.5) is 10.3 Å². The molecule has 0 aromatic carbocycles. The van der Waals surface area contributed by atoms with Gasteiger partial charge in [0.15, 0.2) is 42.1 Å². The number of anilines is 1. The van der Waals surface area contributed by atoms with E-state index in [4.69, 9.17) is 4.74 Å². The van der Waals surface area contributed by atoms with Gasteiger partial charge in [0.2, 0.25) is 11.9 Å². The number of rotatable bonds is 6. The summed E-state index contributed by atoms with van der Waals surface area (Å²) in [6.45, 7) is 2.52. The first-order chi connectivity index (χ1) is 16.2. The van der Waals surface area contributed by atoms with E-state index in [2.05, 4.69) is 35.1 Å². The first kappa shape index (κ1) is 25.4. The number of nitrogens with zero attached hydrogens (tertiary/aromatic N) is 4. The van der Waals surface area contributed by atoms with Crippen LogP contribution in [0.1, 0.15) is 20.1 Å². The molecule has 1 unspecified atom stereocenters. The van der Waals surface area contributed by atoms with Crippen molar-refractivity contribution in [1.29, 1.82) is 0 Å². The van der Waals surface area contributed by atoms with Gasteiger partial charge in [-0.25, -0.2) is 9.37 Å². The average Bonchev–Trinajstić information content (AvgIpc) is 3.36. The Morgan fingerprint density at radius 2 is 2.15 bits per heavy atom. The number of nitrogens with one attached hydrogen (secondary N) is 3. The summed E-state index contributed by atoms with van der Waals surface area (Å²) in [6, 6.07) is 5.86. The fourth-order valence-electron chi connectivity index (χ4n) is 2.92. The van der Waals surface area contributed by atoms with Crippen molar-refractivity contribution in [2.75, 3.05) is 11.9 Å². The fraction of sp³-hybridized carbons (Fsp3) is 0.444. The summed E-state index contributed by atoms with van der Waals surface area (Å²) in [5.74, 6) is -1.03. The highest BCUT2D eigenvalue weighted by Crippen LogP contribution is 2.37. The molecule has 34 heavy (non-hydrogen) atoms. The number of carbonyl (C=O) groups excluding carboxylic acids is 1. The number of halogens is 1. The summed E-state index contributed by atoms with van der Waals surface area (Å²) >= 11 is 0. The molecular formula is C18H22FN7O7P+. The number of pyridine rings is 1. The lowest BCUT2D eigenvalue weighted by molar-refractivity contribution is -0.377. The zero-order valence-corrected chi connectivity index (χ0v) is 18.9. The number of alkyl halides is 1. The van der Waals surface area contributed by atoms with Crippen molar-refractivity contribution in [2.45, 2.75) is 38.5 Å². The summed E-state index contributed by atoms with van der Waals surface area (Å²) in [5, 5.41) is 18.9. The predicted octanol–water partition coefficient (Wildman–Crippen LogP) is -0.759. The van der Waals surface area contributed by atoms with Crippen LogP contribution in [0.15, 0.2) is 35.4 Å². The highest BCUT2D eigenvalue weighted by Gasteiger charge is 2.51. The lowest BCUT2D eigenvalue weighted by atomic mass is 10.1. The van der Waals surface area contributed by atoms with Gasteiger partial charge in [-0.3, -0.25) is 19.9 Å². The number of ether oxygens (including phenoxy) is 1. The van der Waals surface area contributed by atoms with Crippen LogP contribution in [-0.4, -0.2) is 61.0 Å². The van der Waals surface area contributed by atoms with Gasteiger partial charge in [-0.2, -0.15) is 9.67 Å². The Morgan fingerprint density at radius 3 is 2.68 bits per heavy atom. The number of carbonyl (C=O) groups is 1. The van der Waals surface area contributed by atoms with Gasteiger partial charge in [0.05, 0.1) is 6.61 Å². The monoisotopic (exact) mass is 498 g/mol. The second-order valence-corrected chi connectivity index (χ2v) is 7.99. The third kappa shape index (κ3) is 5.81. The molecule has 4 rings (SSSR count). The van der Waals surface area contributed by atoms with Crippen molar-refractivity contribution in [3.63, 3.8) is 0 Å². The Labute approximate surface area is 192 Å². The van der Waals surface area contributed by atoms with Crippen molar-refractivity contribution in [3.05, 3.63) is 40.9 Å². The molecule has 3 aromatic heterocycles. The second kappa shape index (κ2) is 11.3. The molecule has 14 nitrogen and oxygen atoms in total. The standard InChI is InChI=1S/C13H16FN6O7P.C5H5N/c1-4(2)10(22)16-13-15-9-7(11(23)17-13)18-19-20(9)12-8(27-28(24)25)6(14)5(3-21)26-12;1-2-4-6-5-3-1/h4-6,8,12,21H,3H2,1-2H3,(H2,15,16,17,22,23);1-5H/p+1/t5-,6-,8+,12-;/m1./s1. The minimum Gasteiger partial charge on any atom is -0.566 e. The minimum absolute atomic E-state index is 0.201. The van der Waals surface area contributed by atoms with Crippen molar-refractivity contribution in [3.8, 4) is 0 Å². The van der Waals surface area contributed by atoms with E-state index in [1.165, 1.54) is 0 Å². The molecule has 16 heteroatoms. The van der Waals surface area contributed by atoms with E-state index in [9.17, 15) is 28.5 Å². The van der Waals surface area contributed by atoms with Crippen LogP contribution < -0.4 is 20.8 Å². The van der Waals surface area contributed by atoms with Crippen molar-refractivity contribution in [1.82, 2.24) is 25.0 Å². The smallest absolute Gasteiger partial charge is 0.489 e. The molecule has 5 atom stereocenters. The van der Waals surface area contributed by atoms with Crippen molar-refractivity contribution >= 4 is 31.3 Å². The van der Waals surface area contributed by atoms with Gasteiger partial charge in [0, 0.05) is 18.1 Å². The fourth-order valence-corrected chi connectivity index (χ4v) is 3.34. The number of aromatic amines is 2. The van der Waals surface area contributed by atoms with Gasteiger partial charge in [0.1, 0.15) is 6.10 Å². The molecule has 1 saturated heterocycles. The molecule has 182 valence electrons. The zero-order chi connectivity index (χ0) is 24.8. The van der Waals surface area contributed by atoms with E-state index in [1.54, 1.807) is 13.8 Å². The van der Waals surface area contributed by atoms with Crippen molar-refractivity contribution < 1.29 is 38.0 Å². The Morgan fingerprint density at radius 1 is 1.44 bits per heavy atom. The maximum atomic E-state index is 14.4. The summed E-state index contributed by atoms with van der Waals surface area (Å²) < 4.78 is 36.0. The number of hydrogen-bond acceptors (Lipinski definition) is 10. The van der Waals surface area contributed by atoms with Crippen LogP contribution in [0.2, 0.25) is 0 Å². The van der Waals surface area contributed by atoms with Gasteiger partial charge in [-0.15, -0.1) is 9.62 Å². The number of H-pyrrole nitrogens is 2. The van der Waals surface area contributed by atoms with E-state index in [0.717, 1.165) is 4.68 Å². The quantitative estimate of drug-likeness (QED) is 0.363. The molecule has 0 aliphatic carbocycles. The third-order valence-electron chi connectivity index (χ3n) is 4.60.